The molecular weight excluding hydrogens is 326 g/mol. The van der Waals surface area contributed by atoms with Crippen molar-refractivity contribution < 1.29 is 4.84 Å². The van der Waals surface area contributed by atoms with Crippen molar-refractivity contribution in [3.63, 3.8) is 0 Å². The first-order valence-corrected chi connectivity index (χ1v) is 8.17. The van der Waals surface area contributed by atoms with Crippen LogP contribution in [-0.2, 0) is 4.84 Å². The van der Waals surface area contributed by atoms with E-state index in [1.54, 1.807) is 7.11 Å². The minimum absolute atomic E-state index is 0.815. The third kappa shape index (κ3) is 2.93. The Kier molecular flexibility index (Phi) is 4.15. The summed E-state index contributed by atoms with van der Waals surface area (Å²) >= 11 is 0. The van der Waals surface area contributed by atoms with E-state index in [9.17, 15) is 0 Å². The van der Waals surface area contributed by atoms with Crippen molar-refractivity contribution >= 4 is 16.7 Å². The Morgan fingerprint density at radius 2 is 1.88 bits per heavy atom. The van der Waals surface area contributed by atoms with Gasteiger partial charge in [0.05, 0.1) is 16.7 Å². The SMILES string of the molecule is CON=C(C)c1ccc2c(c1)ncn2-c1cccc(-c2cncnc2)c1. The lowest BCUT2D eigenvalue weighted by Crippen LogP contribution is -1.96. The molecule has 0 saturated heterocycles. The van der Waals surface area contributed by atoms with Gasteiger partial charge in [-0.15, -0.1) is 0 Å². The van der Waals surface area contributed by atoms with E-state index >= 15 is 0 Å². The van der Waals surface area contributed by atoms with Crippen molar-refractivity contribution in [2.45, 2.75) is 6.92 Å². The van der Waals surface area contributed by atoms with Gasteiger partial charge in [-0.2, -0.15) is 0 Å². The highest BCUT2D eigenvalue weighted by atomic mass is 16.6. The summed E-state index contributed by atoms with van der Waals surface area (Å²) in [5, 5.41) is 3.98. The van der Waals surface area contributed by atoms with Crippen LogP contribution in [0.3, 0.4) is 0 Å². The summed E-state index contributed by atoms with van der Waals surface area (Å²) < 4.78 is 2.06. The zero-order valence-corrected chi connectivity index (χ0v) is 14.5. The average molecular weight is 343 g/mol. The highest BCUT2D eigenvalue weighted by molar-refractivity contribution is 6.00. The maximum absolute atomic E-state index is 4.85. The molecule has 4 aromatic rings. The molecule has 0 amide bonds. The van der Waals surface area contributed by atoms with Crippen LogP contribution in [0.25, 0.3) is 27.8 Å². The fraction of sp³-hybridized carbons (Fsp3) is 0.100. The lowest BCUT2D eigenvalue weighted by molar-refractivity contribution is 0.213. The van der Waals surface area contributed by atoms with Crippen LogP contribution in [-0.4, -0.2) is 32.3 Å². The van der Waals surface area contributed by atoms with Gasteiger partial charge in [0.25, 0.3) is 0 Å². The van der Waals surface area contributed by atoms with E-state index in [-0.39, 0.29) is 0 Å². The topological polar surface area (TPSA) is 65.2 Å². The van der Waals surface area contributed by atoms with E-state index in [0.29, 0.717) is 0 Å². The van der Waals surface area contributed by atoms with Crippen molar-refractivity contribution in [3.05, 3.63) is 73.1 Å². The number of oxime groups is 1. The van der Waals surface area contributed by atoms with E-state index < -0.39 is 0 Å². The van der Waals surface area contributed by atoms with Gasteiger partial charge in [-0.1, -0.05) is 23.4 Å². The zero-order valence-electron chi connectivity index (χ0n) is 14.5. The lowest BCUT2D eigenvalue weighted by Gasteiger charge is -2.08. The predicted octanol–water partition coefficient (Wildman–Crippen LogP) is 3.85. The second-order valence-corrected chi connectivity index (χ2v) is 5.85. The standard InChI is InChI=1S/C20H17N5O/c1-14(24-26-2)15-6-7-20-19(9-15)23-13-25(20)18-5-3-4-16(8-18)17-10-21-12-22-11-17/h3-13H,1-2H3. The number of nitrogens with zero attached hydrogens (tertiary/aromatic N) is 5. The van der Waals surface area contributed by atoms with Gasteiger partial charge in [0.2, 0.25) is 0 Å². The summed E-state index contributed by atoms with van der Waals surface area (Å²) in [4.78, 5) is 17.6. The first-order valence-electron chi connectivity index (χ1n) is 8.17. The monoisotopic (exact) mass is 343 g/mol. The number of hydrogen-bond acceptors (Lipinski definition) is 5. The van der Waals surface area contributed by atoms with Gasteiger partial charge < -0.3 is 4.84 Å². The van der Waals surface area contributed by atoms with Crippen LogP contribution >= 0.6 is 0 Å². The van der Waals surface area contributed by atoms with Crippen molar-refractivity contribution in [2.24, 2.45) is 5.16 Å². The van der Waals surface area contributed by atoms with E-state index in [4.69, 9.17) is 4.84 Å². The van der Waals surface area contributed by atoms with Crippen LogP contribution in [0.2, 0.25) is 0 Å². The predicted molar refractivity (Wildman–Crippen MR) is 101 cm³/mol. The normalized spacial score (nSPS) is 11.7. The maximum Gasteiger partial charge on any atom is 0.115 e. The van der Waals surface area contributed by atoms with Gasteiger partial charge in [-0.3, -0.25) is 4.57 Å². The summed E-state index contributed by atoms with van der Waals surface area (Å²) in [6.07, 6.45) is 6.98. The van der Waals surface area contributed by atoms with Gasteiger partial charge in [0, 0.05) is 29.2 Å². The molecule has 0 saturated carbocycles. The fourth-order valence-electron chi connectivity index (χ4n) is 2.92. The largest absolute Gasteiger partial charge is 0.399 e. The van der Waals surface area contributed by atoms with Crippen molar-refractivity contribution in [1.29, 1.82) is 0 Å². The number of imidazole rings is 1. The first-order chi connectivity index (χ1) is 12.8. The molecule has 0 fully saturated rings. The highest BCUT2D eigenvalue weighted by Crippen LogP contribution is 2.24. The van der Waals surface area contributed by atoms with Crippen LogP contribution in [0.5, 0.6) is 0 Å². The number of fused-ring (bicyclic) bond motifs is 1. The molecular formula is C20H17N5O. The first kappa shape index (κ1) is 16.0. The van der Waals surface area contributed by atoms with E-state index in [0.717, 1.165) is 39.1 Å². The molecule has 2 aromatic heterocycles. The van der Waals surface area contributed by atoms with E-state index in [1.807, 2.05) is 56.0 Å². The van der Waals surface area contributed by atoms with E-state index in [2.05, 4.69) is 36.8 Å². The molecule has 0 unspecified atom stereocenters. The Morgan fingerprint density at radius 1 is 1.04 bits per heavy atom. The molecule has 0 atom stereocenters. The Balaban J connectivity index is 1.77. The van der Waals surface area contributed by atoms with E-state index in [1.165, 1.54) is 6.33 Å². The zero-order chi connectivity index (χ0) is 17.9. The van der Waals surface area contributed by atoms with Crippen LogP contribution < -0.4 is 0 Å². The van der Waals surface area contributed by atoms with Gasteiger partial charge in [-0.25, -0.2) is 15.0 Å². The minimum Gasteiger partial charge on any atom is -0.399 e. The van der Waals surface area contributed by atoms with Gasteiger partial charge >= 0.3 is 0 Å². The number of hydrogen-bond donors (Lipinski definition) is 0. The molecule has 2 aromatic carbocycles. The Bertz CT molecular complexity index is 1090. The second kappa shape index (κ2) is 6.76. The molecule has 6 nitrogen and oxygen atoms in total. The molecule has 0 aliphatic rings. The number of aromatic nitrogens is 4. The summed E-state index contributed by atoms with van der Waals surface area (Å²) in [7, 11) is 1.54. The highest BCUT2D eigenvalue weighted by Gasteiger charge is 2.08. The van der Waals surface area contributed by atoms with Crippen molar-refractivity contribution in [2.75, 3.05) is 7.11 Å². The number of rotatable bonds is 4. The lowest BCUT2D eigenvalue weighted by atomic mass is 10.1. The Hall–Kier alpha value is -3.54. The molecule has 0 aliphatic carbocycles. The third-order valence-electron chi connectivity index (χ3n) is 4.21. The number of benzene rings is 2. The van der Waals surface area contributed by atoms with Gasteiger partial charge in [0.15, 0.2) is 0 Å². The molecule has 6 heteroatoms. The molecule has 0 N–H and O–H groups in total. The maximum atomic E-state index is 4.85. The Morgan fingerprint density at radius 3 is 2.69 bits per heavy atom. The smallest absolute Gasteiger partial charge is 0.115 e. The molecule has 0 spiro atoms. The van der Waals surface area contributed by atoms with Crippen LogP contribution in [0, 0.1) is 0 Å². The molecule has 0 radical (unpaired) electrons. The summed E-state index contributed by atoms with van der Waals surface area (Å²) in [6, 6.07) is 14.3. The van der Waals surface area contributed by atoms with Crippen LogP contribution in [0.4, 0.5) is 0 Å². The molecule has 128 valence electrons. The van der Waals surface area contributed by atoms with Crippen molar-refractivity contribution in [3.8, 4) is 16.8 Å². The van der Waals surface area contributed by atoms with Gasteiger partial charge in [0.1, 0.15) is 19.8 Å². The van der Waals surface area contributed by atoms with Crippen LogP contribution in [0.1, 0.15) is 12.5 Å². The van der Waals surface area contributed by atoms with Gasteiger partial charge in [-0.05, 0) is 36.8 Å². The van der Waals surface area contributed by atoms with Crippen LogP contribution in [0.15, 0.2) is 72.7 Å². The molecule has 26 heavy (non-hydrogen) atoms. The molecule has 2 heterocycles. The fourth-order valence-corrected chi connectivity index (χ4v) is 2.92. The molecule has 0 bridgehead atoms. The summed E-state index contributed by atoms with van der Waals surface area (Å²) in [6.45, 7) is 1.91. The minimum atomic E-state index is 0.815. The Labute approximate surface area is 150 Å². The average Bonchev–Trinajstić information content (AvgIpc) is 3.12. The quantitative estimate of drug-likeness (QED) is 0.417. The molecule has 4 rings (SSSR count). The summed E-state index contributed by atoms with van der Waals surface area (Å²) in [5.74, 6) is 0. The second-order valence-electron chi connectivity index (χ2n) is 5.85. The summed E-state index contributed by atoms with van der Waals surface area (Å²) in [5.41, 5.74) is 6.80. The van der Waals surface area contributed by atoms with Crippen molar-refractivity contribution in [1.82, 2.24) is 19.5 Å². The third-order valence-corrected chi connectivity index (χ3v) is 4.21. The molecule has 0 aliphatic heterocycles.